The number of nitrogens with zero attached hydrogens (tertiary/aromatic N) is 1. The maximum atomic E-state index is 5.75. The predicted molar refractivity (Wildman–Crippen MR) is 70.8 cm³/mol. The average Bonchev–Trinajstić information content (AvgIpc) is 2.60. The highest BCUT2D eigenvalue weighted by Gasteiger charge is 2.50. The van der Waals surface area contributed by atoms with E-state index in [2.05, 4.69) is 10.4 Å². The van der Waals surface area contributed by atoms with E-state index < -0.39 is 0 Å². The number of nitrogen functional groups attached to an aromatic ring is 1. The average molecular weight is 248 g/mol. The maximum Gasteiger partial charge on any atom is 0.180 e. The van der Waals surface area contributed by atoms with Gasteiger partial charge in [0.05, 0.1) is 5.69 Å². The molecule has 0 radical (unpaired) electrons. The molecule has 0 spiro atoms. The molecule has 0 aromatic carbocycles. The zero-order valence-electron chi connectivity index (χ0n) is 10.2. The second-order valence-corrected chi connectivity index (χ2v) is 7.66. The Labute approximate surface area is 107 Å². The molecule has 0 saturated heterocycles. The van der Waals surface area contributed by atoms with Crippen LogP contribution in [0.2, 0.25) is 0 Å². The summed E-state index contributed by atoms with van der Waals surface area (Å²) in [6, 6.07) is 0. The smallest absolute Gasteiger partial charge is 0.180 e. The van der Waals surface area contributed by atoms with Gasteiger partial charge in [-0.15, -0.1) is 11.3 Å². The number of rotatable bonds is 2. The molecule has 0 aliphatic heterocycles. The van der Waals surface area contributed by atoms with Gasteiger partial charge in [0.2, 0.25) is 0 Å². The number of hydrogen-bond acceptors (Lipinski definition) is 3. The summed E-state index contributed by atoms with van der Waals surface area (Å²) >= 11 is 1.60. The van der Waals surface area contributed by atoms with Crippen LogP contribution in [0.5, 0.6) is 0 Å². The number of hydrogen-bond donors (Lipinski definition) is 1. The standard InChI is InChI=1S/C14H20N2S/c15-13-16-12(8-17-13)7-14-4-9-1-10(5-14)3-11(2-9)6-14/h8-11H,1-7H2,(H2,15,16). The molecule has 4 fully saturated rings. The van der Waals surface area contributed by atoms with Crippen LogP contribution in [0.15, 0.2) is 5.38 Å². The predicted octanol–water partition coefficient (Wildman–Crippen LogP) is 3.48. The molecule has 1 aromatic heterocycles. The van der Waals surface area contributed by atoms with E-state index >= 15 is 0 Å². The first kappa shape index (κ1) is 10.4. The summed E-state index contributed by atoms with van der Waals surface area (Å²) < 4.78 is 0. The van der Waals surface area contributed by atoms with Gasteiger partial charge in [-0.05, 0) is 68.1 Å². The molecule has 4 bridgehead atoms. The minimum atomic E-state index is 0.606. The third-order valence-corrected chi connectivity index (χ3v) is 6.01. The van der Waals surface area contributed by atoms with Gasteiger partial charge in [-0.25, -0.2) is 4.98 Å². The molecule has 4 aliphatic carbocycles. The van der Waals surface area contributed by atoms with Crippen LogP contribution < -0.4 is 5.73 Å². The van der Waals surface area contributed by atoms with Crippen LogP contribution in [0, 0.1) is 23.2 Å². The van der Waals surface area contributed by atoms with Crippen molar-refractivity contribution >= 4 is 16.5 Å². The lowest BCUT2D eigenvalue weighted by Crippen LogP contribution is -2.47. The van der Waals surface area contributed by atoms with Crippen LogP contribution in [0.4, 0.5) is 5.13 Å². The third-order valence-electron chi connectivity index (χ3n) is 5.29. The molecule has 2 nitrogen and oxygen atoms in total. The zero-order valence-corrected chi connectivity index (χ0v) is 11.0. The van der Waals surface area contributed by atoms with Crippen molar-refractivity contribution < 1.29 is 0 Å². The van der Waals surface area contributed by atoms with E-state index in [9.17, 15) is 0 Å². The fourth-order valence-electron chi connectivity index (χ4n) is 5.29. The normalized spacial score (nSPS) is 43.2. The van der Waals surface area contributed by atoms with Crippen LogP contribution in [-0.4, -0.2) is 4.98 Å². The van der Waals surface area contributed by atoms with Crippen molar-refractivity contribution in [1.82, 2.24) is 4.98 Å². The number of aromatic nitrogens is 1. The van der Waals surface area contributed by atoms with Crippen molar-refractivity contribution in [2.45, 2.75) is 44.9 Å². The van der Waals surface area contributed by atoms with Gasteiger partial charge >= 0.3 is 0 Å². The van der Waals surface area contributed by atoms with E-state index in [1.165, 1.54) is 50.6 Å². The Morgan fingerprint density at radius 1 is 1.18 bits per heavy atom. The van der Waals surface area contributed by atoms with Crippen molar-refractivity contribution in [2.24, 2.45) is 23.2 Å². The third kappa shape index (κ3) is 1.70. The van der Waals surface area contributed by atoms with E-state index in [-0.39, 0.29) is 0 Å². The van der Waals surface area contributed by atoms with E-state index in [4.69, 9.17) is 5.73 Å². The summed E-state index contributed by atoms with van der Waals surface area (Å²) in [6.07, 6.45) is 10.2. The Hall–Kier alpha value is -0.570. The molecule has 2 N–H and O–H groups in total. The number of anilines is 1. The fraction of sp³-hybridized carbons (Fsp3) is 0.786. The Balaban J connectivity index is 1.60. The lowest BCUT2D eigenvalue weighted by Gasteiger charge is -2.56. The maximum absolute atomic E-state index is 5.75. The molecule has 92 valence electrons. The van der Waals surface area contributed by atoms with E-state index in [1.54, 1.807) is 11.3 Å². The Bertz CT molecular complexity index is 402. The van der Waals surface area contributed by atoms with Gasteiger partial charge < -0.3 is 5.73 Å². The monoisotopic (exact) mass is 248 g/mol. The van der Waals surface area contributed by atoms with Crippen LogP contribution in [0.1, 0.15) is 44.2 Å². The van der Waals surface area contributed by atoms with E-state index in [0.717, 1.165) is 22.9 Å². The van der Waals surface area contributed by atoms with Crippen molar-refractivity contribution in [3.05, 3.63) is 11.1 Å². The van der Waals surface area contributed by atoms with Crippen molar-refractivity contribution in [1.29, 1.82) is 0 Å². The molecule has 3 heteroatoms. The summed E-state index contributed by atoms with van der Waals surface area (Å²) in [5, 5.41) is 2.92. The number of nitrogens with two attached hydrogens (primary N) is 1. The first-order chi connectivity index (χ1) is 8.21. The molecule has 5 rings (SSSR count). The molecule has 0 atom stereocenters. The highest BCUT2D eigenvalue weighted by molar-refractivity contribution is 7.13. The zero-order chi connectivity index (χ0) is 11.5. The quantitative estimate of drug-likeness (QED) is 0.870. The summed E-state index contributed by atoms with van der Waals surface area (Å²) in [5.74, 6) is 3.12. The van der Waals surface area contributed by atoms with Gasteiger partial charge in [0.25, 0.3) is 0 Å². The van der Waals surface area contributed by atoms with Gasteiger partial charge in [0.1, 0.15) is 0 Å². The van der Waals surface area contributed by atoms with Crippen molar-refractivity contribution in [3.8, 4) is 0 Å². The Morgan fingerprint density at radius 2 is 1.76 bits per heavy atom. The minimum absolute atomic E-state index is 0.606. The lowest BCUT2D eigenvalue weighted by atomic mass is 9.48. The van der Waals surface area contributed by atoms with Gasteiger partial charge in [0.15, 0.2) is 5.13 Å². The molecule has 4 saturated carbocycles. The summed E-state index contributed by atoms with van der Waals surface area (Å²) in [7, 11) is 0. The first-order valence-electron chi connectivity index (χ1n) is 6.91. The molecule has 1 aromatic rings. The fourth-order valence-corrected chi connectivity index (χ4v) is 5.86. The topological polar surface area (TPSA) is 38.9 Å². The van der Waals surface area contributed by atoms with Gasteiger partial charge in [-0.1, -0.05) is 0 Å². The Kier molecular flexibility index (Phi) is 2.11. The second kappa shape index (κ2) is 3.47. The molecular formula is C14H20N2S. The number of thiazole rings is 1. The molecule has 0 unspecified atom stereocenters. The van der Waals surface area contributed by atoms with Crippen molar-refractivity contribution in [3.63, 3.8) is 0 Å². The second-order valence-electron chi connectivity index (χ2n) is 6.77. The SMILES string of the molecule is Nc1nc(CC23CC4CC(CC(C4)C2)C3)cs1. The molecule has 4 aliphatic rings. The van der Waals surface area contributed by atoms with Crippen LogP contribution in [0.3, 0.4) is 0 Å². The van der Waals surface area contributed by atoms with E-state index in [0.29, 0.717) is 5.41 Å². The van der Waals surface area contributed by atoms with Crippen LogP contribution in [0.25, 0.3) is 0 Å². The molecule has 0 amide bonds. The van der Waals surface area contributed by atoms with Gasteiger partial charge in [0, 0.05) is 5.38 Å². The molecule has 17 heavy (non-hydrogen) atoms. The molecular weight excluding hydrogens is 228 g/mol. The van der Waals surface area contributed by atoms with Gasteiger partial charge in [-0.3, -0.25) is 0 Å². The van der Waals surface area contributed by atoms with Gasteiger partial charge in [-0.2, -0.15) is 0 Å². The summed E-state index contributed by atoms with van der Waals surface area (Å²) in [5.41, 5.74) is 7.62. The minimum Gasteiger partial charge on any atom is -0.375 e. The van der Waals surface area contributed by atoms with Crippen LogP contribution >= 0.6 is 11.3 Å². The Morgan fingerprint density at radius 3 is 2.24 bits per heavy atom. The lowest BCUT2D eigenvalue weighted by molar-refractivity contribution is -0.0525. The highest BCUT2D eigenvalue weighted by atomic mass is 32.1. The largest absolute Gasteiger partial charge is 0.375 e. The van der Waals surface area contributed by atoms with Crippen LogP contribution in [-0.2, 0) is 6.42 Å². The highest BCUT2D eigenvalue weighted by Crippen LogP contribution is 2.61. The summed E-state index contributed by atoms with van der Waals surface area (Å²) in [4.78, 5) is 4.48. The first-order valence-corrected chi connectivity index (χ1v) is 7.79. The van der Waals surface area contributed by atoms with E-state index in [1.807, 2.05) is 0 Å². The summed E-state index contributed by atoms with van der Waals surface area (Å²) in [6.45, 7) is 0. The van der Waals surface area contributed by atoms with Crippen molar-refractivity contribution in [2.75, 3.05) is 5.73 Å². The molecule has 1 heterocycles.